The molecule has 1 N–H and O–H groups in total. The number of aromatic nitrogens is 4. The third-order valence-corrected chi connectivity index (χ3v) is 4.88. The molecule has 0 saturated heterocycles. The topological polar surface area (TPSA) is 98.2 Å². The van der Waals surface area contributed by atoms with Gasteiger partial charge in [0.15, 0.2) is 11.9 Å². The van der Waals surface area contributed by atoms with Crippen LogP contribution in [0.4, 0.5) is 6.01 Å². The summed E-state index contributed by atoms with van der Waals surface area (Å²) in [6.07, 6.45) is 2.83. The van der Waals surface area contributed by atoms with Gasteiger partial charge in [0.1, 0.15) is 0 Å². The van der Waals surface area contributed by atoms with Crippen LogP contribution in [0.1, 0.15) is 16.7 Å². The number of hydrogen-bond acceptors (Lipinski definition) is 7. The Balaban J connectivity index is 1.51. The molecule has 1 unspecified atom stereocenters. The lowest BCUT2D eigenvalue weighted by Gasteiger charge is -2.11. The SMILES string of the molecule is Cn1cc(-c2nnc(NC3N=C(c4ccccc4)c4ccccc4CC3=O)o2)cn1. The van der Waals surface area contributed by atoms with Crippen LogP contribution in [-0.2, 0) is 18.3 Å². The van der Waals surface area contributed by atoms with Gasteiger partial charge in [-0.25, -0.2) is 0 Å². The van der Waals surface area contributed by atoms with Crippen molar-refractivity contribution in [3.05, 3.63) is 83.7 Å². The molecule has 0 fully saturated rings. The van der Waals surface area contributed by atoms with Crippen LogP contribution in [0.15, 0.2) is 76.4 Å². The van der Waals surface area contributed by atoms with Crippen molar-refractivity contribution in [1.82, 2.24) is 20.0 Å². The van der Waals surface area contributed by atoms with Gasteiger partial charge in [-0.05, 0) is 5.56 Å². The summed E-state index contributed by atoms with van der Waals surface area (Å²) in [6, 6.07) is 17.8. The zero-order valence-electron chi connectivity index (χ0n) is 16.2. The van der Waals surface area contributed by atoms with Crippen LogP contribution >= 0.6 is 0 Å². The largest absolute Gasteiger partial charge is 0.403 e. The summed E-state index contributed by atoms with van der Waals surface area (Å²) in [7, 11) is 1.81. The number of carbonyl (C=O) groups is 1. The molecule has 8 nitrogen and oxygen atoms in total. The van der Waals surface area contributed by atoms with E-state index in [-0.39, 0.29) is 18.2 Å². The zero-order chi connectivity index (χ0) is 20.5. The fourth-order valence-electron chi connectivity index (χ4n) is 3.45. The molecule has 5 rings (SSSR count). The Morgan fingerprint density at radius 3 is 2.63 bits per heavy atom. The second kappa shape index (κ2) is 7.40. The maximum absolute atomic E-state index is 13.0. The highest BCUT2D eigenvalue weighted by Gasteiger charge is 2.27. The van der Waals surface area contributed by atoms with Crippen molar-refractivity contribution >= 4 is 17.5 Å². The molecule has 0 spiro atoms. The predicted molar refractivity (Wildman–Crippen MR) is 111 cm³/mol. The number of ketones is 1. The minimum absolute atomic E-state index is 0.0745. The van der Waals surface area contributed by atoms with Gasteiger partial charge in [0.05, 0.1) is 17.5 Å². The Labute approximate surface area is 172 Å². The van der Waals surface area contributed by atoms with Gasteiger partial charge < -0.3 is 9.73 Å². The summed E-state index contributed by atoms with van der Waals surface area (Å²) in [6.45, 7) is 0. The number of Topliss-reactive ketones (excluding diaryl/α,β-unsaturated/α-hetero) is 1. The molecule has 3 heterocycles. The van der Waals surface area contributed by atoms with Crippen LogP contribution in [0.5, 0.6) is 0 Å². The van der Waals surface area contributed by atoms with E-state index in [1.165, 1.54) is 0 Å². The lowest BCUT2D eigenvalue weighted by molar-refractivity contribution is -0.119. The Morgan fingerprint density at radius 2 is 1.83 bits per heavy atom. The molecular formula is C22H18N6O2. The number of nitrogens with one attached hydrogen (secondary N) is 1. The van der Waals surface area contributed by atoms with E-state index in [1.807, 2.05) is 54.6 Å². The number of rotatable bonds is 4. The molecule has 8 heteroatoms. The van der Waals surface area contributed by atoms with Crippen LogP contribution in [-0.4, -0.2) is 37.6 Å². The van der Waals surface area contributed by atoms with Crippen LogP contribution in [0.2, 0.25) is 0 Å². The maximum Gasteiger partial charge on any atom is 0.317 e. The number of nitrogens with zero attached hydrogens (tertiary/aromatic N) is 5. The molecule has 4 aromatic rings. The lowest BCUT2D eigenvalue weighted by atomic mass is 9.96. The number of aryl methyl sites for hydroxylation is 1. The summed E-state index contributed by atoms with van der Waals surface area (Å²) in [4.78, 5) is 17.7. The van der Waals surface area contributed by atoms with Crippen LogP contribution in [0.25, 0.3) is 11.5 Å². The number of benzene rings is 2. The molecule has 0 aliphatic carbocycles. The first-order valence-electron chi connectivity index (χ1n) is 9.50. The van der Waals surface area contributed by atoms with E-state index < -0.39 is 6.17 Å². The Morgan fingerprint density at radius 1 is 1.03 bits per heavy atom. The molecule has 0 amide bonds. The molecule has 1 aliphatic heterocycles. The second-order valence-electron chi connectivity index (χ2n) is 7.01. The third kappa shape index (κ3) is 3.39. The van der Waals surface area contributed by atoms with E-state index in [0.29, 0.717) is 11.5 Å². The molecule has 1 atom stereocenters. The van der Waals surface area contributed by atoms with E-state index in [2.05, 4.69) is 20.6 Å². The molecule has 2 aromatic heterocycles. The highest BCUT2D eigenvalue weighted by atomic mass is 16.4. The van der Waals surface area contributed by atoms with Gasteiger partial charge in [-0.15, -0.1) is 5.10 Å². The minimum Gasteiger partial charge on any atom is -0.403 e. The minimum atomic E-state index is -0.838. The van der Waals surface area contributed by atoms with Gasteiger partial charge in [-0.2, -0.15) is 5.10 Å². The molecular weight excluding hydrogens is 380 g/mol. The summed E-state index contributed by atoms with van der Waals surface area (Å²) in [5.41, 5.74) is 4.28. The molecule has 0 saturated carbocycles. The number of aliphatic imine (C=N–C) groups is 1. The lowest BCUT2D eigenvalue weighted by Crippen LogP contribution is -2.29. The van der Waals surface area contributed by atoms with Crippen molar-refractivity contribution < 1.29 is 9.21 Å². The normalized spacial score (nSPS) is 16.0. The average Bonchev–Trinajstić information content (AvgIpc) is 3.38. The first kappa shape index (κ1) is 18.0. The van der Waals surface area contributed by atoms with Gasteiger partial charge in [0.2, 0.25) is 0 Å². The summed E-state index contributed by atoms with van der Waals surface area (Å²) >= 11 is 0. The average molecular weight is 398 g/mol. The third-order valence-electron chi connectivity index (χ3n) is 4.88. The summed E-state index contributed by atoms with van der Waals surface area (Å²) < 4.78 is 7.33. The Bertz CT molecular complexity index is 1240. The van der Waals surface area contributed by atoms with Crippen LogP contribution in [0, 0.1) is 0 Å². The zero-order valence-corrected chi connectivity index (χ0v) is 16.2. The molecule has 148 valence electrons. The smallest absolute Gasteiger partial charge is 0.317 e. The second-order valence-corrected chi connectivity index (χ2v) is 7.01. The molecule has 0 radical (unpaired) electrons. The first-order chi connectivity index (χ1) is 14.7. The molecule has 2 aromatic carbocycles. The van der Waals surface area contributed by atoms with Crippen molar-refractivity contribution in [2.45, 2.75) is 12.6 Å². The predicted octanol–water partition coefficient (Wildman–Crippen LogP) is 2.87. The van der Waals surface area contributed by atoms with Gasteiger partial charge in [0, 0.05) is 30.8 Å². The van der Waals surface area contributed by atoms with Crippen molar-refractivity contribution in [2.24, 2.45) is 12.0 Å². The van der Waals surface area contributed by atoms with Gasteiger partial charge in [-0.3, -0.25) is 14.5 Å². The number of fused-ring (bicyclic) bond motifs is 1. The van der Waals surface area contributed by atoms with Crippen molar-refractivity contribution in [3.8, 4) is 11.5 Å². The van der Waals surface area contributed by atoms with E-state index >= 15 is 0 Å². The quantitative estimate of drug-likeness (QED) is 0.568. The Hall–Kier alpha value is -4.07. The van der Waals surface area contributed by atoms with E-state index in [1.54, 1.807) is 24.1 Å². The van der Waals surface area contributed by atoms with Gasteiger partial charge in [-0.1, -0.05) is 59.7 Å². The maximum atomic E-state index is 13.0. The van der Waals surface area contributed by atoms with Gasteiger partial charge in [0.25, 0.3) is 5.89 Å². The number of hydrogen-bond donors (Lipinski definition) is 1. The van der Waals surface area contributed by atoms with E-state index in [0.717, 1.165) is 22.4 Å². The monoisotopic (exact) mass is 398 g/mol. The fourth-order valence-corrected chi connectivity index (χ4v) is 3.45. The van der Waals surface area contributed by atoms with Crippen molar-refractivity contribution in [2.75, 3.05) is 5.32 Å². The highest BCUT2D eigenvalue weighted by molar-refractivity contribution is 6.16. The van der Waals surface area contributed by atoms with Crippen LogP contribution < -0.4 is 5.32 Å². The Kier molecular flexibility index (Phi) is 4.44. The van der Waals surface area contributed by atoms with E-state index in [9.17, 15) is 4.79 Å². The van der Waals surface area contributed by atoms with Crippen molar-refractivity contribution in [1.29, 1.82) is 0 Å². The molecule has 1 aliphatic rings. The molecule has 30 heavy (non-hydrogen) atoms. The summed E-state index contributed by atoms with van der Waals surface area (Å²) in [5.74, 6) is 0.247. The molecule has 0 bridgehead atoms. The van der Waals surface area contributed by atoms with Crippen LogP contribution in [0.3, 0.4) is 0 Å². The van der Waals surface area contributed by atoms with Gasteiger partial charge >= 0.3 is 6.01 Å². The summed E-state index contributed by atoms with van der Waals surface area (Å²) in [5, 5.41) is 15.2. The fraction of sp³-hybridized carbons (Fsp3) is 0.136. The standard InChI is InChI=1S/C22H18N6O2/c1-28-13-16(12-23-28)21-26-27-22(30-21)25-20-18(29)11-15-9-5-6-10-17(15)19(24-20)14-7-3-2-4-8-14/h2-10,12-13,20H,11H2,1H3,(H,25,27). The number of anilines is 1. The van der Waals surface area contributed by atoms with Crippen molar-refractivity contribution in [3.63, 3.8) is 0 Å². The first-order valence-corrected chi connectivity index (χ1v) is 9.50. The number of carbonyl (C=O) groups excluding carboxylic acids is 1. The van der Waals surface area contributed by atoms with E-state index in [4.69, 9.17) is 9.41 Å². The highest BCUT2D eigenvalue weighted by Crippen LogP contribution is 2.24.